The van der Waals surface area contributed by atoms with Gasteiger partial charge in [0.2, 0.25) is 0 Å². The molecule has 0 atom stereocenters. The standard InChI is InChI=1S/C16H24N2O2/c1-4-18-10-8-13(9-11-18)14-6-5-7-15(12-14)20-16(19)17(2)3/h5-7,12-13H,4,8-11H2,1-3H3. The third-order valence-corrected chi connectivity index (χ3v) is 3.93. The first-order valence-electron chi connectivity index (χ1n) is 7.31. The minimum absolute atomic E-state index is 0.331. The molecule has 0 radical (unpaired) electrons. The number of likely N-dealkylation sites (tertiary alicyclic amines) is 1. The van der Waals surface area contributed by atoms with Crippen LogP contribution in [0.3, 0.4) is 0 Å². The fraction of sp³-hybridized carbons (Fsp3) is 0.562. The number of piperidine rings is 1. The summed E-state index contributed by atoms with van der Waals surface area (Å²) in [5.74, 6) is 1.22. The van der Waals surface area contributed by atoms with Crippen molar-refractivity contribution >= 4 is 6.09 Å². The third kappa shape index (κ3) is 3.73. The van der Waals surface area contributed by atoms with Crippen molar-refractivity contribution in [1.82, 2.24) is 9.80 Å². The smallest absolute Gasteiger partial charge is 0.410 e. The summed E-state index contributed by atoms with van der Waals surface area (Å²) in [6, 6.07) is 7.96. The highest BCUT2D eigenvalue weighted by Crippen LogP contribution is 2.30. The fourth-order valence-electron chi connectivity index (χ4n) is 2.61. The highest BCUT2D eigenvalue weighted by molar-refractivity contribution is 5.70. The number of hydrogen-bond acceptors (Lipinski definition) is 3. The second-order valence-corrected chi connectivity index (χ2v) is 5.54. The van der Waals surface area contributed by atoms with Crippen molar-refractivity contribution in [1.29, 1.82) is 0 Å². The Hall–Kier alpha value is -1.55. The number of nitrogens with zero attached hydrogens (tertiary/aromatic N) is 2. The second kappa shape index (κ2) is 6.75. The molecule has 1 amide bonds. The second-order valence-electron chi connectivity index (χ2n) is 5.54. The van der Waals surface area contributed by atoms with Crippen LogP contribution in [0, 0.1) is 0 Å². The summed E-state index contributed by atoms with van der Waals surface area (Å²) in [4.78, 5) is 15.5. The van der Waals surface area contributed by atoms with Crippen molar-refractivity contribution in [2.45, 2.75) is 25.7 Å². The van der Waals surface area contributed by atoms with E-state index in [-0.39, 0.29) is 6.09 Å². The Balaban J connectivity index is 2.01. The van der Waals surface area contributed by atoms with Gasteiger partial charge in [0.15, 0.2) is 0 Å². The average molecular weight is 276 g/mol. The van der Waals surface area contributed by atoms with Gasteiger partial charge >= 0.3 is 6.09 Å². The molecule has 2 rings (SSSR count). The molecule has 0 aliphatic carbocycles. The van der Waals surface area contributed by atoms with Crippen molar-refractivity contribution in [2.24, 2.45) is 0 Å². The summed E-state index contributed by atoms with van der Waals surface area (Å²) in [5, 5.41) is 0. The topological polar surface area (TPSA) is 32.8 Å². The number of carbonyl (C=O) groups excluding carboxylic acids is 1. The van der Waals surface area contributed by atoms with Crippen molar-refractivity contribution < 1.29 is 9.53 Å². The first kappa shape index (κ1) is 14.9. The van der Waals surface area contributed by atoms with Crippen molar-refractivity contribution in [2.75, 3.05) is 33.7 Å². The van der Waals surface area contributed by atoms with E-state index in [1.165, 1.54) is 23.3 Å². The lowest BCUT2D eigenvalue weighted by molar-refractivity contribution is 0.171. The maximum atomic E-state index is 11.6. The molecule has 110 valence electrons. The molecule has 0 N–H and O–H groups in total. The minimum Gasteiger partial charge on any atom is -0.410 e. The van der Waals surface area contributed by atoms with Gasteiger partial charge in [0.25, 0.3) is 0 Å². The molecule has 0 aromatic heterocycles. The Kier molecular flexibility index (Phi) is 5.01. The van der Waals surface area contributed by atoms with E-state index in [4.69, 9.17) is 4.74 Å². The first-order chi connectivity index (χ1) is 9.60. The monoisotopic (exact) mass is 276 g/mol. The van der Waals surface area contributed by atoms with Gasteiger partial charge in [-0.15, -0.1) is 0 Å². The van der Waals surface area contributed by atoms with E-state index < -0.39 is 0 Å². The van der Waals surface area contributed by atoms with Crippen LogP contribution in [0.15, 0.2) is 24.3 Å². The summed E-state index contributed by atoms with van der Waals surface area (Å²) >= 11 is 0. The van der Waals surface area contributed by atoms with Crippen molar-refractivity contribution in [3.05, 3.63) is 29.8 Å². The number of rotatable bonds is 3. The van der Waals surface area contributed by atoms with E-state index in [2.05, 4.69) is 17.9 Å². The molecular formula is C16H24N2O2. The Morgan fingerprint density at radius 1 is 1.35 bits per heavy atom. The van der Waals surface area contributed by atoms with E-state index in [9.17, 15) is 4.79 Å². The number of amides is 1. The molecule has 1 saturated heterocycles. The van der Waals surface area contributed by atoms with E-state index in [0.717, 1.165) is 19.6 Å². The van der Waals surface area contributed by atoms with Crippen LogP contribution in [-0.2, 0) is 0 Å². The zero-order valence-corrected chi connectivity index (χ0v) is 12.6. The lowest BCUT2D eigenvalue weighted by atomic mass is 9.89. The van der Waals surface area contributed by atoms with Gasteiger partial charge in [-0.2, -0.15) is 0 Å². The fourth-order valence-corrected chi connectivity index (χ4v) is 2.61. The van der Waals surface area contributed by atoms with Gasteiger partial charge < -0.3 is 14.5 Å². The molecule has 4 nitrogen and oxygen atoms in total. The highest BCUT2D eigenvalue weighted by atomic mass is 16.6. The van der Waals surface area contributed by atoms with Crippen LogP contribution in [0.25, 0.3) is 0 Å². The van der Waals surface area contributed by atoms with Gasteiger partial charge in [-0.3, -0.25) is 0 Å². The largest absolute Gasteiger partial charge is 0.414 e. The molecule has 1 aliphatic heterocycles. The molecule has 1 fully saturated rings. The summed E-state index contributed by atoms with van der Waals surface area (Å²) in [6.07, 6.45) is 2.03. The van der Waals surface area contributed by atoms with Crippen LogP contribution >= 0.6 is 0 Å². The van der Waals surface area contributed by atoms with Crippen LogP contribution in [0.5, 0.6) is 5.75 Å². The zero-order chi connectivity index (χ0) is 14.5. The lowest BCUT2D eigenvalue weighted by Gasteiger charge is -2.31. The number of hydrogen-bond donors (Lipinski definition) is 0. The SMILES string of the molecule is CCN1CCC(c2cccc(OC(=O)N(C)C)c2)CC1. The molecule has 0 bridgehead atoms. The van der Waals surface area contributed by atoms with Gasteiger partial charge in [0.05, 0.1) is 0 Å². The lowest BCUT2D eigenvalue weighted by Crippen LogP contribution is -2.32. The number of ether oxygens (including phenoxy) is 1. The summed E-state index contributed by atoms with van der Waals surface area (Å²) in [7, 11) is 3.37. The normalized spacial score (nSPS) is 16.9. The molecule has 1 aromatic rings. The minimum atomic E-state index is -0.331. The van der Waals surface area contributed by atoms with Crippen LogP contribution in [0.4, 0.5) is 4.79 Å². The number of carbonyl (C=O) groups is 1. The summed E-state index contributed by atoms with van der Waals surface area (Å²) in [6.45, 7) is 5.65. The van der Waals surface area contributed by atoms with Gasteiger partial charge in [0, 0.05) is 14.1 Å². The molecule has 0 spiro atoms. The van der Waals surface area contributed by atoms with Crippen LogP contribution in [0.2, 0.25) is 0 Å². The predicted octanol–water partition coefficient (Wildman–Crippen LogP) is 2.95. The average Bonchev–Trinajstić information content (AvgIpc) is 2.47. The molecule has 0 unspecified atom stereocenters. The molecule has 4 heteroatoms. The Morgan fingerprint density at radius 2 is 2.05 bits per heavy atom. The first-order valence-corrected chi connectivity index (χ1v) is 7.31. The Labute approximate surface area is 121 Å². The predicted molar refractivity (Wildman–Crippen MR) is 80.2 cm³/mol. The van der Waals surface area contributed by atoms with Gasteiger partial charge in [-0.25, -0.2) is 4.79 Å². The van der Waals surface area contributed by atoms with Crippen LogP contribution in [0.1, 0.15) is 31.2 Å². The van der Waals surface area contributed by atoms with Gasteiger partial charge in [-0.05, 0) is 56.1 Å². The quantitative estimate of drug-likeness (QED) is 0.851. The molecule has 1 aliphatic rings. The molecule has 20 heavy (non-hydrogen) atoms. The van der Waals surface area contributed by atoms with E-state index in [1.54, 1.807) is 14.1 Å². The van der Waals surface area contributed by atoms with Crippen LogP contribution in [-0.4, -0.2) is 49.6 Å². The van der Waals surface area contributed by atoms with Crippen molar-refractivity contribution in [3.63, 3.8) is 0 Å². The van der Waals surface area contributed by atoms with E-state index in [1.807, 2.05) is 18.2 Å². The Morgan fingerprint density at radius 3 is 2.65 bits per heavy atom. The maximum absolute atomic E-state index is 11.6. The molecule has 0 saturated carbocycles. The number of benzene rings is 1. The van der Waals surface area contributed by atoms with Crippen molar-refractivity contribution in [3.8, 4) is 5.75 Å². The highest BCUT2D eigenvalue weighted by Gasteiger charge is 2.20. The molecule has 1 aromatic carbocycles. The summed E-state index contributed by atoms with van der Waals surface area (Å²) in [5.41, 5.74) is 1.28. The molecule has 1 heterocycles. The molecular weight excluding hydrogens is 252 g/mol. The Bertz CT molecular complexity index is 452. The third-order valence-electron chi connectivity index (χ3n) is 3.93. The van der Waals surface area contributed by atoms with Gasteiger partial charge in [-0.1, -0.05) is 19.1 Å². The summed E-state index contributed by atoms with van der Waals surface area (Å²) < 4.78 is 5.33. The van der Waals surface area contributed by atoms with Crippen LogP contribution < -0.4 is 4.74 Å². The zero-order valence-electron chi connectivity index (χ0n) is 12.6. The maximum Gasteiger partial charge on any atom is 0.414 e. The van der Waals surface area contributed by atoms with E-state index in [0.29, 0.717) is 11.7 Å². The van der Waals surface area contributed by atoms with E-state index >= 15 is 0 Å². The van der Waals surface area contributed by atoms with Gasteiger partial charge in [0.1, 0.15) is 5.75 Å².